The second kappa shape index (κ2) is 7.81. The van der Waals surface area contributed by atoms with Crippen molar-refractivity contribution in [2.45, 2.75) is 44.8 Å². The fourth-order valence-corrected chi connectivity index (χ4v) is 3.92. The first-order valence-electron chi connectivity index (χ1n) is 8.03. The zero-order valence-corrected chi connectivity index (χ0v) is 15.7. The second-order valence-electron chi connectivity index (χ2n) is 6.82. The van der Waals surface area contributed by atoms with Crippen LogP contribution in [0, 0.1) is 0 Å². The lowest BCUT2D eigenvalue weighted by atomic mass is 10.2. The van der Waals surface area contributed by atoms with Crippen molar-refractivity contribution in [2.75, 3.05) is 13.7 Å². The van der Waals surface area contributed by atoms with Crippen molar-refractivity contribution < 1.29 is 23.5 Å². The normalized spacial score (nSPS) is 20.8. The molecule has 1 aliphatic heterocycles. The Morgan fingerprint density at radius 2 is 1.88 bits per heavy atom. The molecule has 1 aliphatic rings. The molecule has 1 aromatic carbocycles. The van der Waals surface area contributed by atoms with E-state index in [2.05, 4.69) is 19.6 Å². The maximum Gasteiger partial charge on any atom is 0.410 e. The van der Waals surface area contributed by atoms with Crippen molar-refractivity contribution in [1.29, 1.82) is 0 Å². The van der Waals surface area contributed by atoms with Crippen LogP contribution in [0.4, 0.5) is 4.79 Å². The van der Waals surface area contributed by atoms with Gasteiger partial charge in [0.25, 0.3) is 0 Å². The van der Waals surface area contributed by atoms with Crippen LogP contribution < -0.4 is 0 Å². The Balaban J connectivity index is 2.01. The molecule has 1 heterocycles. The summed E-state index contributed by atoms with van der Waals surface area (Å²) in [5.74, 6) is -0.437. The summed E-state index contributed by atoms with van der Waals surface area (Å²) in [6.07, 6.45) is -0.238. The Labute approximate surface area is 143 Å². The molecule has 132 valence electrons. The van der Waals surface area contributed by atoms with Gasteiger partial charge < -0.3 is 13.9 Å². The lowest BCUT2D eigenvalue weighted by Crippen LogP contribution is -2.41. The van der Waals surface area contributed by atoms with Crippen LogP contribution in [-0.2, 0) is 25.3 Å². The summed E-state index contributed by atoms with van der Waals surface area (Å²) < 4.78 is 16.2. The molecule has 6 nitrogen and oxygen atoms in total. The highest BCUT2D eigenvalue weighted by Crippen LogP contribution is 2.25. The Morgan fingerprint density at radius 3 is 2.46 bits per heavy atom. The number of hydrogen-bond acceptors (Lipinski definition) is 5. The molecule has 1 saturated heterocycles. The number of likely N-dealkylation sites (tertiary alicyclic amines) is 1. The molecule has 0 saturated carbocycles. The highest BCUT2D eigenvalue weighted by atomic mass is 28.4. The van der Waals surface area contributed by atoms with Crippen molar-refractivity contribution in [3.63, 3.8) is 0 Å². The van der Waals surface area contributed by atoms with E-state index in [-0.39, 0.29) is 12.7 Å². The largest absolute Gasteiger partial charge is 0.467 e. The number of esters is 1. The number of benzene rings is 1. The zero-order chi connectivity index (χ0) is 17.7. The number of methoxy groups -OCH3 is 1. The number of carbonyl (C=O) groups is 2. The summed E-state index contributed by atoms with van der Waals surface area (Å²) in [6.45, 7) is 6.75. The smallest absolute Gasteiger partial charge is 0.410 e. The van der Waals surface area contributed by atoms with E-state index in [1.165, 1.54) is 12.0 Å². The summed E-state index contributed by atoms with van der Waals surface area (Å²) in [5, 5.41) is 0. The maximum atomic E-state index is 12.4. The summed E-state index contributed by atoms with van der Waals surface area (Å²) >= 11 is 0. The third kappa shape index (κ3) is 5.07. The minimum absolute atomic E-state index is 0.162. The van der Waals surface area contributed by atoms with Crippen LogP contribution in [0.15, 0.2) is 30.3 Å². The summed E-state index contributed by atoms with van der Waals surface area (Å²) in [7, 11) is -0.441. The first-order chi connectivity index (χ1) is 11.3. The molecule has 0 bridgehead atoms. The minimum Gasteiger partial charge on any atom is -0.467 e. The van der Waals surface area contributed by atoms with Crippen LogP contribution in [-0.4, -0.2) is 51.1 Å². The predicted octanol–water partition coefficient (Wildman–Crippen LogP) is 2.79. The van der Waals surface area contributed by atoms with Crippen molar-refractivity contribution in [3.05, 3.63) is 35.9 Å². The van der Waals surface area contributed by atoms with Crippen LogP contribution in [0.2, 0.25) is 19.6 Å². The molecular weight excluding hydrogens is 326 g/mol. The maximum absolute atomic E-state index is 12.4. The molecule has 7 heteroatoms. The highest BCUT2D eigenvalue weighted by Gasteiger charge is 2.43. The van der Waals surface area contributed by atoms with Gasteiger partial charge in [-0.2, -0.15) is 0 Å². The van der Waals surface area contributed by atoms with Crippen molar-refractivity contribution in [3.8, 4) is 0 Å². The monoisotopic (exact) mass is 351 g/mol. The van der Waals surface area contributed by atoms with Crippen LogP contribution in [0.1, 0.15) is 12.0 Å². The fraction of sp³-hybridized carbons (Fsp3) is 0.529. The van der Waals surface area contributed by atoms with E-state index >= 15 is 0 Å². The molecule has 24 heavy (non-hydrogen) atoms. The van der Waals surface area contributed by atoms with Crippen LogP contribution in [0.25, 0.3) is 0 Å². The van der Waals surface area contributed by atoms with Crippen molar-refractivity contribution in [1.82, 2.24) is 4.90 Å². The molecule has 1 aromatic rings. The van der Waals surface area contributed by atoms with Gasteiger partial charge in [0.2, 0.25) is 0 Å². The molecule has 0 unspecified atom stereocenters. The molecule has 0 radical (unpaired) electrons. The number of nitrogens with zero attached hydrogens (tertiary/aromatic N) is 1. The summed E-state index contributed by atoms with van der Waals surface area (Å²) in [5.41, 5.74) is 0.898. The van der Waals surface area contributed by atoms with Crippen LogP contribution >= 0.6 is 0 Å². The number of hydrogen-bond donors (Lipinski definition) is 0. The first-order valence-corrected chi connectivity index (χ1v) is 11.4. The van der Waals surface area contributed by atoms with Gasteiger partial charge in [-0.3, -0.25) is 4.90 Å². The standard InChI is InChI=1S/C17H25NO5Si/c1-21-16(19)15-10-14(23-24(2,3)4)11-18(15)17(20)22-12-13-8-6-5-7-9-13/h5-9,14-15H,10-12H2,1-4H3/t14-,15-/m0/s1. The van der Waals surface area contributed by atoms with Crippen molar-refractivity contribution >= 4 is 20.4 Å². The van der Waals surface area contributed by atoms with Gasteiger partial charge in [-0.15, -0.1) is 0 Å². The quantitative estimate of drug-likeness (QED) is 0.603. The first kappa shape index (κ1) is 18.5. The molecule has 0 aromatic heterocycles. The average Bonchev–Trinajstić information content (AvgIpc) is 2.94. The van der Waals surface area contributed by atoms with E-state index < -0.39 is 26.4 Å². The molecule has 0 N–H and O–H groups in total. The van der Waals surface area contributed by atoms with Gasteiger partial charge in [0.15, 0.2) is 8.32 Å². The van der Waals surface area contributed by atoms with E-state index in [4.69, 9.17) is 13.9 Å². The van der Waals surface area contributed by atoms with Crippen LogP contribution in [0.5, 0.6) is 0 Å². The molecule has 1 amide bonds. The Morgan fingerprint density at radius 1 is 1.21 bits per heavy atom. The number of ether oxygens (including phenoxy) is 2. The number of carbonyl (C=O) groups excluding carboxylic acids is 2. The van der Waals surface area contributed by atoms with Crippen molar-refractivity contribution in [2.24, 2.45) is 0 Å². The van der Waals surface area contributed by atoms with E-state index in [0.717, 1.165) is 5.56 Å². The third-order valence-corrected chi connectivity index (χ3v) is 4.74. The SMILES string of the molecule is COC(=O)[C@@H]1C[C@H](O[Si](C)(C)C)CN1C(=O)OCc1ccccc1. The van der Waals surface area contributed by atoms with E-state index in [9.17, 15) is 9.59 Å². The zero-order valence-electron chi connectivity index (χ0n) is 14.7. The summed E-state index contributed by atoms with van der Waals surface area (Å²) in [6, 6.07) is 8.78. The van der Waals surface area contributed by atoms with E-state index in [0.29, 0.717) is 13.0 Å². The van der Waals surface area contributed by atoms with Gasteiger partial charge in [-0.05, 0) is 25.2 Å². The molecule has 0 spiro atoms. The Bertz CT molecular complexity index is 572. The number of amides is 1. The second-order valence-corrected chi connectivity index (χ2v) is 11.3. The van der Waals surface area contributed by atoms with Gasteiger partial charge in [-0.1, -0.05) is 30.3 Å². The van der Waals surface area contributed by atoms with Gasteiger partial charge in [0, 0.05) is 13.0 Å². The summed E-state index contributed by atoms with van der Waals surface area (Å²) in [4.78, 5) is 25.8. The Hall–Kier alpha value is -1.86. The molecule has 0 aliphatic carbocycles. The third-order valence-electron chi connectivity index (χ3n) is 3.70. The lowest BCUT2D eigenvalue weighted by molar-refractivity contribution is -0.145. The van der Waals surface area contributed by atoms with Gasteiger partial charge in [0.05, 0.1) is 13.2 Å². The topological polar surface area (TPSA) is 65.1 Å². The fourth-order valence-electron chi connectivity index (χ4n) is 2.75. The molecule has 1 fully saturated rings. The lowest BCUT2D eigenvalue weighted by Gasteiger charge is -2.23. The average molecular weight is 351 g/mol. The van der Waals surface area contributed by atoms with Gasteiger partial charge in [0.1, 0.15) is 12.6 Å². The number of rotatable bonds is 5. The van der Waals surface area contributed by atoms with E-state index in [1.54, 1.807) is 0 Å². The Kier molecular flexibility index (Phi) is 6.01. The minimum atomic E-state index is -1.76. The molecule has 2 atom stereocenters. The van der Waals surface area contributed by atoms with E-state index in [1.807, 2.05) is 30.3 Å². The van der Waals surface area contributed by atoms with Gasteiger partial charge >= 0.3 is 12.1 Å². The highest BCUT2D eigenvalue weighted by molar-refractivity contribution is 6.69. The molecule has 2 rings (SSSR count). The molecular formula is C17H25NO5Si. The van der Waals surface area contributed by atoms with Gasteiger partial charge in [-0.25, -0.2) is 9.59 Å². The van der Waals surface area contributed by atoms with Crippen LogP contribution in [0.3, 0.4) is 0 Å². The predicted molar refractivity (Wildman–Crippen MR) is 92.0 cm³/mol.